The highest BCUT2D eigenvalue weighted by Gasteiger charge is 2.21. The molecule has 1 unspecified atom stereocenters. The van der Waals surface area contributed by atoms with Crippen LogP contribution in [0.4, 0.5) is 14.5 Å². The van der Waals surface area contributed by atoms with Crippen LogP contribution in [0.5, 0.6) is 0 Å². The van der Waals surface area contributed by atoms with Crippen molar-refractivity contribution >= 4 is 23.4 Å². The van der Waals surface area contributed by atoms with Gasteiger partial charge < -0.3 is 9.88 Å². The zero-order valence-corrected chi connectivity index (χ0v) is 14.9. The average molecular weight is 374 g/mol. The number of halogens is 2. The van der Waals surface area contributed by atoms with Crippen LogP contribution in [0.3, 0.4) is 0 Å². The number of amides is 1. The second kappa shape index (κ2) is 7.65. The number of hydrogen-bond donors (Lipinski definition) is 1. The van der Waals surface area contributed by atoms with Crippen molar-refractivity contribution in [2.24, 2.45) is 7.05 Å². The first-order valence-corrected chi connectivity index (χ1v) is 8.71. The number of para-hydroxylation sites is 1. The third-order valence-electron chi connectivity index (χ3n) is 3.73. The summed E-state index contributed by atoms with van der Waals surface area (Å²) >= 11 is 1.16. The van der Waals surface area contributed by atoms with Crippen LogP contribution in [-0.4, -0.2) is 25.9 Å². The molecule has 0 saturated carbocycles. The highest BCUT2D eigenvalue weighted by atomic mass is 32.2. The molecule has 0 saturated heterocycles. The van der Waals surface area contributed by atoms with E-state index >= 15 is 0 Å². The number of nitrogens with one attached hydrogen (secondary N) is 1. The SMILES string of the molecule is CC(Sc1nnc(-c2ccccc2F)n1C)C(=O)Nc1ccccc1F. The van der Waals surface area contributed by atoms with Crippen molar-refractivity contribution in [3.8, 4) is 11.4 Å². The zero-order chi connectivity index (χ0) is 18.7. The second-order valence-corrected chi connectivity index (χ2v) is 6.88. The van der Waals surface area contributed by atoms with Gasteiger partial charge in [0.15, 0.2) is 11.0 Å². The van der Waals surface area contributed by atoms with Gasteiger partial charge in [0.05, 0.1) is 16.5 Å². The molecule has 8 heteroatoms. The molecule has 0 fully saturated rings. The number of thioether (sulfide) groups is 1. The number of hydrogen-bond acceptors (Lipinski definition) is 4. The standard InChI is InChI=1S/C18H16F2N4OS/c1-11(17(25)21-15-10-6-5-9-14(15)20)26-18-23-22-16(24(18)2)12-7-3-4-8-13(12)19/h3-11H,1-2H3,(H,21,25). The van der Waals surface area contributed by atoms with E-state index in [1.807, 2.05) is 0 Å². The van der Waals surface area contributed by atoms with Crippen LogP contribution in [-0.2, 0) is 11.8 Å². The maximum atomic E-state index is 13.9. The monoisotopic (exact) mass is 374 g/mol. The number of carbonyl (C=O) groups is 1. The molecular formula is C18H16F2N4OS. The number of carbonyl (C=O) groups excluding carboxylic acids is 1. The number of nitrogens with zero attached hydrogens (tertiary/aromatic N) is 3. The van der Waals surface area contributed by atoms with E-state index in [2.05, 4.69) is 15.5 Å². The molecule has 134 valence electrons. The first-order valence-electron chi connectivity index (χ1n) is 7.83. The summed E-state index contributed by atoms with van der Waals surface area (Å²) in [5.41, 5.74) is 0.452. The third-order valence-corrected chi connectivity index (χ3v) is 4.87. The van der Waals surface area contributed by atoms with Gasteiger partial charge in [0.1, 0.15) is 11.6 Å². The third kappa shape index (κ3) is 3.75. The fourth-order valence-electron chi connectivity index (χ4n) is 2.30. The fourth-order valence-corrected chi connectivity index (χ4v) is 3.12. The minimum atomic E-state index is -0.550. The highest BCUT2D eigenvalue weighted by Crippen LogP contribution is 2.27. The molecule has 26 heavy (non-hydrogen) atoms. The van der Waals surface area contributed by atoms with E-state index in [-0.39, 0.29) is 11.6 Å². The van der Waals surface area contributed by atoms with Crippen molar-refractivity contribution in [3.63, 3.8) is 0 Å². The smallest absolute Gasteiger partial charge is 0.237 e. The summed E-state index contributed by atoms with van der Waals surface area (Å²) in [4.78, 5) is 12.3. The molecule has 5 nitrogen and oxygen atoms in total. The summed E-state index contributed by atoms with van der Waals surface area (Å²) in [5, 5.41) is 10.5. The Morgan fingerprint density at radius 1 is 1.08 bits per heavy atom. The van der Waals surface area contributed by atoms with Crippen molar-refractivity contribution in [2.45, 2.75) is 17.3 Å². The van der Waals surface area contributed by atoms with Crippen LogP contribution in [0.25, 0.3) is 11.4 Å². The predicted molar refractivity (Wildman–Crippen MR) is 96.7 cm³/mol. The Morgan fingerprint density at radius 3 is 2.42 bits per heavy atom. The van der Waals surface area contributed by atoms with E-state index in [4.69, 9.17) is 0 Å². The molecule has 0 bridgehead atoms. The van der Waals surface area contributed by atoms with Gasteiger partial charge in [-0.2, -0.15) is 0 Å². The lowest BCUT2D eigenvalue weighted by Crippen LogP contribution is -2.23. The average Bonchev–Trinajstić information content (AvgIpc) is 2.98. The van der Waals surface area contributed by atoms with Crippen LogP contribution >= 0.6 is 11.8 Å². The van der Waals surface area contributed by atoms with E-state index in [1.54, 1.807) is 48.9 Å². The second-order valence-electron chi connectivity index (χ2n) is 5.57. The quantitative estimate of drug-likeness (QED) is 0.689. The summed E-state index contributed by atoms with van der Waals surface area (Å²) in [5.74, 6) is -0.897. The van der Waals surface area contributed by atoms with E-state index in [9.17, 15) is 13.6 Å². The Balaban J connectivity index is 1.74. The molecule has 1 heterocycles. The van der Waals surface area contributed by atoms with Gasteiger partial charge in [-0.3, -0.25) is 4.79 Å². The summed E-state index contributed by atoms with van der Waals surface area (Å²) in [6, 6.07) is 12.2. The van der Waals surface area contributed by atoms with Crippen molar-refractivity contribution < 1.29 is 13.6 Å². The lowest BCUT2D eigenvalue weighted by molar-refractivity contribution is -0.115. The Labute approximate surface area is 153 Å². The molecule has 0 aliphatic carbocycles. The van der Waals surface area contributed by atoms with Crippen LogP contribution in [0.2, 0.25) is 0 Å². The molecule has 0 radical (unpaired) electrons. The van der Waals surface area contributed by atoms with E-state index in [1.165, 1.54) is 18.2 Å². The minimum absolute atomic E-state index is 0.120. The maximum absolute atomic E-state index is 13.9. The van der Waals surface area contributed by atoms with Crippen LogP contribution in [0.1, 0.15) is 6.92 Å². The zero-order valence-electron chi connectivity index (χ0n) is 14.1. The van der Waals surface area contributed by atoms with Crippen LogP contribution in [0, 0.1) is 11.6 Å². The van der Waals surface area contributed by atoms with E-state index in [0.717, 1.165) is 11.8 Å². The molecule has 3 rings (SSSR count). The van der Waals surface area contributed by atoms with Crippen molar-refractivity contribution in [3.05, 3.63) is 60.2 Å². The van der Waals surface area contributed by atoms with Crippen LogP contribution < -0.4 is 5.32 Å². The summed E-state index contributed by atoms with van der Waals surface area (Å²) in [6.07, 6.45) is 0. The van der Waals surface area contributed by atoms with E-state index < -0.39 is 16.9 Å². The number of aromatic nitrogens is 3. The molecular weight excluding hydrogens is 358 g/mol. The van der Waals surface area contributed by atoms with Gasteiger partial charge in [0.25, 0.3) is 0 Å². The molecule has 0 aliphatic rings. The van der Waals surface area contributed by atoms with Gasteiger partial charge in [-0.05, 0) is 31.2 Å². The minimum Gasteiger partial charge on any atom is -0.323 e. The Bertz CT molecular complexity index is 944. The fraction of sp³-hybridized carbons (Fsp3) is 0.167. The normalized spacial score (nSPS) is 12.0. The van der Waals surface area contributed by atoms with Gasteiger partial charge in [0, 0.05) is 7.05 Å². The van der Waals surface area contributed by atoms with Crippen LogP contribution in [0.15, 0.2) is 53.7 Å². The van der Waals surface area contributed by atoms with Gasteiger partial charge in [-0.25, -0.2) is 8.78 Å². The number of rotatable bonds is 5. The lowest BCUT2D eigenvalue weighted by atomic mass is 10.2. The lowest BCUT2D eigenvalue weighted by Gasteiger charge is -2.12. The van der Waals surface area contributed by atoms with E-state index in [0.29, 0.717) is 16.5 Å². The summed E-state index contributed by atoms with van der Waals surface area (Å²) in [7, 11) is 1.70. The van der Waals surface area contributed by atoms with Gasteiger partial charge in [0.2, 0.25) is 5.91 Å². The largest absolute Gasteiger partial charge is 0.323 e. The molecule has 1 aromatic heterocycles. The van der Waals surface area contributed by atoms with Gasteiger partial charge in [-0.1, -0.05) is 36.0 Å². The first-order chi connectivity index (χ1) is 12.5. The van der Waals surface area contributed by atoms with Crippen molar-refractivity contribution in [1.82, 2.24) is 14.8 Å². The maximum Gasteiger partial charge on any atom is 0.237 e. The molecule has 1 amide bonds. The molecule has 2 aromatic carbocycles. The van der Waals surface area contributed by atoms with Gasteiger partial charge in [-0.15, -0.1) is 10.2 Å². The Kier molecular flexibility index (Phi) is 5.32. The van der Waals surface area contributed by atoms with Gasteiger partial charge >= 0.3 is 0 Å². The number of benzene rings is 2. The topological polar surface area (TPSA) is 59.8 Å². The predicted octanol–water partition coefficient (Wildman–Crippen LogP) is 3.88. The molecule has 0 aliphatic heterocycles. The van der Waals surface area contributed by atoms with Crippen molar-refractivity contribution in [2.75, 3.05) is 5.32 Å². The molecule has 1 atom stereocenters. The molecule has 0 spiro atoms. The molecule has 3 aromatic rings. The number of anilines is 1. The summed E-state index contributed by atoms with van der Waals surface area (Å²) < 4.78 is 29.2. The Hall–Kier alpha value is -2.74. The Morgan fingerprint density at radius 2 is 1.73 bits per heavy atom. The first kappa shape index (κ1) is 18.1. The van der Waals surface area contributed by atoms with Crippen molar-refractivity contribution in [1.29, 1.82) is 0 Å². The highest BCUT2D eigenvalue weighted by molar-refractivity contribution is 8.00. The molecule has 1 N–H and O–H groups in total. The summed E-state index contributed by atoms with van der Waals surface area (Å²) in [6.45, 7) is 1.68.